The van der Waals surface area contributed by atoms with Crippen LogP contribution >= 0.6 is 23.2 Å². The predicted octanol–water partition coefficient (Wildman–Crippen LogP) is 4.02. The van der Waals surface area contributed by atoms with Crippen LogP contribution in [0.3, 0.4) is 0 Å². The molecule has 0 saturated heterocycles. The number of aromatic nitrogens is 1. The lowest BCUT2D eigenvalue weighted by Gasteiger charge is -2.12. The van der Waals surface area contributed by atoms with Gasteiger partial charge in [0, 0.05) is 26.6 Å². The van der Waals surface area contributed by atoms with Crippen LogP contribution in [0.4, 0.5) is 4.39 Å². The fourth-order valence-electron chi connectivity index (χ4n) is 2.91. The minimum atomic E-state index is -0.312. The molecule has 5 heteroatoms. The smallest absolute Gasteiger partial charge is 0.132 e. The highest BCUT2D eigenvalue weighted by Crippen LogP contribution is 2.37. The van der Waals surface area contributed by atoms with Gasteiger partial charge in [-0.3, -0.25) is 0 Å². The number of hydrogen-bond acceptors (Lipinski definition) is 1. The average Bonchev–Trinajstić information content (AvgIpc) is 2.62. The lowest BCUT2D eigenvalue weighted by Crippen LogP contribution is -3.00. The summed E-state index contributed by atoms with van der Waals surface area (Å²) in [6, 6.07) is 21.5. The van der Waals surface area contributed by atoms with Crippen molar-refractivity contribution in [1.82, 2.24) is 4.98 Å². The molecule has 130 valence electrons. The average molecular weight is 404 g/mol. The normalized spacial score (nSPS) is 10.6. The molecular formula is C21H12Cl3FN-. The molecule has 26 heavy (non-hydrogen) atoms. The minimum Gasteiger partial charge on any atom is -1.00 e. The summed E-state index contributed by atoms with van der Waals surface area (Å²) in [7, 11) is 0. The Labute approximate surface area is 166 Å². The van der Waals surface area contributed by atoms with E-state index in [1.807, 2.05) is 42.5 Å². The highest BCUT2D eigenvalue weighted by Gasteiger charge is 2.14. The lowest BCUT2D eigenvalue weighted by molar-refractivity contribution is -0.00000526. The van der Waals surface area contributed by atoms with E-state index in [0.717, 1.165) is 22.0 Å². The van der Waals surface area contributed by atoms with Crippen LogP contribution in [0.2, 0.25) is 10.0 Å². The van der Waals surface area contributed by atoms with Gasteiger partial charge in [-0.05, 0) is 48.0 Å². The Kier molecular flexibility index (Phi) is 5.47. The maximum Gasteiger partial charge on any atom is 0.132 e. The van der Waals surface area contributed by atoms with E-state index in [9.17, 15) is 4.39 Å². The Balaban J connectivity index is 0.00000196. The fraction of sp³-hybridized carbons (Fsp3) is 0. The van der Waals surface area contributed by atoms with Crippen molar-refractivity contribution >= 4 is 34.1 Å². The van der Waals surface area contributed by atoms with Crippen LogP contribution in [0.1, 0.15) is 0 Å². The van der Waals surface area contributed by atoms with Crippen LogP contribution in [0.5, 0.6) is 0 Å². The van der Waals surface area contributed by atoms with Crippen molar-refractivity contribution in [1.29, 1.82) is 0 Å². The Morgan fingerprint density at radius 3 is 2.15 bits per heavy atom. The molecule has 0 bridgehead atoms. The second kappa shape index (κ2) is 7.63. The first-order valence-corrected chi connectivity index (χ1v) is 8.49. The van der Waals surface area contributed by atoms with Gasteiger partial charge in [-0.1, -0.05) is 53.5 Å². The van der Waals surface area contributed by atoms with Gasteiger partial charge in [0.15, 0.2) is 0 Å². The molecule has 0 N–H and O–H groups in total. The van der Waals surface area contributed by atoms with E-state index < -0.39 is 0 Å². The number of hydrogen-bond donors (Lipinski definition) is 0. The number of fused-ring (bicyclic) bond motifs is 1. The zero-order valence-electron chi connectivity index (χ0n) is 13.4. The van der Waals surface area contributed by atoms with Crippen LogP contribution in [0.15, 0.2) is 72.8 Å². The van der Waals surface area contributed by atoms with Gasteiger partial charge in [0.25, 0.3) is 0 Å². The number of nitrogens with zero attached hydrogens (tertiary/aromatic N) is 1. The van der Waals surface area contributed by atoms with Gasteiger partial charge in [0.05, 0.1) is 11.2 Å². The maximum atomic E-state index is 14.3. The molecule has 0 aliphatic heterocycles. The van der Waals surface area contributed by atoms with E-state index in [0.29, 0.717) is 21.3 Å². The molecule has 0 amide bonds. The van der Waals surface area contributed by atoms with Crippen molar-refractivity contribution in [3.8, 4) is 22.4 Å². The molecule has 0 radical (unpaired) electrons. The standard InChI is InChI=1S/C21H12Cl2FN.ClH/c22-13-9-10-20-17(11-13)16(14-5-1-3-7-18(14)23)12-21(25-20)15-6-2-4-8-19(15)24;/h1-12H;1H/p-1. The zero-order valence-corrected chi connectivity index (χ0v) is 15.7. The third kappa shape index (κ3) is 3.41. The second-order valence-electron chi connectivity index (χ2n) is 5.68. The summed E-state index contributed by atoms with van der Waals surface area (Å²) in [6.45, 7) is 0. The minimum absolute atomic E-state index is 0. The summed E-state index contributed by atoms with van der Waals surface area (Å²) in [5.74, 6) is -0.312. The quantitative estimate of drug-likeness (QED) is 0.493. The molecule has 0 atom stereocenters. The SMILES string of the molecule is Fc1ccccc1-c1cc(-c2ccccc2Cl)c2cc(Cl)ccc2n1.[Cl-]. The van der Waals surface area contributed by atoms with Gasteiger partial charge < -0.3 is 12.4 Å². The molecule has 0 unspecified atom stereocenters. The van der Waals surface area contributed by atoms with E-state index in [-0.39, 0.29) is 18.2 Å². The molecule has 0 aliphatic carbocycles. The van der Waals surface area contributed by atoms with Crippen molar-refractivity contribution in [3.05, 3.63) is 88.7 Å². The molecule has 0 fully saturated rings. The molecule has 4 rings (SSSR count). The van der Waals surface area contributed by atoms with Gasteiger partial charge >= 0.3 is 0 Å². The number of pyridine rings is 1. The predicted molar refractivity (Wildman–Crippen MR) is 103 cm³/mol. The summed E-state index contributed by atoms with van der Waals surface area (Å²) < 4.78 is 14.3. The summed E-state index contributed by atoms with van der Waals surface area (Å²) in [5, 5.41) is 2.11. The first kappa shape index (κ1) is 18.7. The van der Waals surface area contributed by atoms with E-state index in [4.69, 9.17) is 23.2 Å². The Bertz CT molecular complexity index is 1100. The van der Waals surface area contributed by atoms with Crippen molar-refractivity contribution in [2.24, 2.45) is 0 Å². The van der Waals surface area contributed by atoms with E-state index in [1.54, 1.807) is 24.3 Å². The first-order valence-electron chi connectivity index (χ1n) is 7.73. The van der Waals surface area contributed by atoms with Crippen molar-refractivity contribution in [2.45, 2.75) is 0 Å². The van der Waals surface area contributed by atoms with E-state index in [1.165, 1.54) is 6.07 Å². The van der Waals surface area contributed by atoms with Crippen LogP contribution in [-0.2, 0) is 0 Å². The van der Waals surface area contributed by atoms with Crippen LogP contribution in [0, 0.1) is 5.82 Å². The Hall–Kier alpha value is -2.13. The third-order valence-electron chi connectivity index (χ3n) is 4.08. The molecule has 0 spiro atoms. The molecule has 4 aromatic rings. The van der Waals surface area contributed by atoms with Crippen LogP contribution < -0.4 is 12.4 Å². The summed E-state index contributed by atoms with van der Waals surface area (Å²) in [5.41, 5.74) is 3.48. The van der Waals surface area contributed by atoms with Crippen LogP contribution in [0.25, 0.3) is 33.3 Å². The van der Waals surface area contributed by atoms with Gasteiger partial charge in [-0.15, -0.1) is 0 Å². The highest BCUT2D eigenvalue weighted by molar-refractivity contribution is 6.34. The van der Waals surface area contributed by atoms with Crippen LogP contribution in [-0.4, -0.2) is 4.98 Å². The Morgan fingerprint density at radius 1 is 0.731 bits per heavy atom. The zero-order chi connectivity index (χ0) is 17.4. The summed E-state index contributed by atoms with van der Waals surface area (Å²) in [6.07, 6.45) is 0. The van der Waals surface area contributed by atoms with E-state index >= 15 is 0 Å². The molecule has 1 nitrogen and oxygen atoms in total. The van der Waals surface area contributed by atoms with Gasteiger partial charge in [0.1, 0.15) is 5.82 Å². The van der Waals surface area contributed by atoms with Crippen molar-refractivity contribution in [2.75, 3.05) is 0 Å². The molecule has 1 aromatic heterocycles. The van der Waals surface area contributed by atoms with Crippen molar-refractivity contribution in [3.63, 3.8) is 0 Å². The maximum absolute atomic E-state index is 14.3. The first-order chi connectivity index (χ1) is 12.1. The fourth-order valence-corrected chi connectivity index (χ4v) is 3.32. The van der Waals surface area contributed by atoms with E-state index in [2.05, 4.69) is 4.98 Å². The largest absolute Gasteiger partial charge is 1.00 e. The molecule has 0 aliphatic rings. The second-order valence-corrected chi connectivity index (χ2v) is 6.52. The van der Waals surface area contributed by atoms with Gasteiger partial charge in [-0.2, -0.15) is 0 Å². The summed E-state index contributed by atoms with van der Waals surface area (Å²) in [4.78, 5) is 4.62. The van der Waals surface area contributed by atoms with Gasteiger partial charge in [0.2, 0.25) is 0 Å². The highest BCUT2D eigenvalue weighted by atomic mass is 35.5. The molecule has 0 saturated carbocycles. The number of benzene rings is 3. The topological polar surface area (TPSA) is 12.9 Å². The molecule has 3 aromatic carbocycles. The third-order valence-corrected chi connectivity index (χ3v) is 4.65. The Morgan fingerprint density at radius 2 is 1.42 bits per heavy atom. The monoisotopic (exact) mass is 402 g/mol. The lowest BCUT2D eigenvalue weighted by atomic mass is 9.98. The molecular weight excluding hydrogens is 392 g/mol. The number of halogens is 4. The molecule has 1 heterocycles. The van der Waals surface area contributed by atoms with Crippen molar-refractivity contribution < 1.29 is 16.8 Å². The van der Waals surface area contributed by atoms with Gasteiger partial charge in [-0.25, -0.2) is 9.37 Å². The summed E-state index contributed by atoms with van der Waals surface area (Å²) >= 11 is 12.6. The number of rotatable bonds is 2.